The maximum Gasteiger partial charge on any atom is 0.407 e. The number of amides is 4. The molecule has 4 aromatic carbocycles. The maximum atomic E-state index is 14.0. The monoisotopic (exact) mass is 794 g/mol. The van der Waals surface area contributed by atoms with Crippen molar-refractivity contribution in [2.45, 2.75) is 56.3 Å². The second kappa shape index (κ2) is 17.3. The van der Waals surface area contributed by atoms with E-state index >= 15 is 0 Å². The van der Waals surface area contributed by atoms with Crippen LogP contribution in [0.2, 0.25) is 0 Å². The molecule has 4 atom stereocenters. The van der Waals surface area contributed by atoms with Crippen LogP contribution in [0.4, 0.5) is 9.59 Å². The highest BCUT2D eigenvalue weighted by Gasteiger charge is 2.38. The second-order valence-electron chi connectivity index (χ2n) is 14.9. The quantitative estimate of drug-likeness (QED) is 0.108. The number of benzene rings is 4. The molecule has 2 fully saturated rings. The molecule has 6 aromatic rings. The van der Waals surface area contributed by atoms with Gasteiger partial charge < -0.3 is 39.9 Å². The number of rotatable bonds is 11. The fourth-order valence-electron chi connectivity index (χ4n) is 8.22. The Kier molecular flexibility index (Phi) is 11.4. The zero-order chi connectivity index (χ0) is 40.9. The highest BCUT2D eigenvalue weighted by atomic mass is 16.5. The Bertz CT molecular complexity index is 2430. The Hall–Kier alpha value is -6.96. The van der Waals surface area contributed by atoms with E-state index < -0.39 is 24.3 Å². The topological polar surface area (TPSA) is 175 Å². The summed E-state index contributed by atoms with van der Waals surface area (Å²) in [5.74, 6) is 1.00. The molecule has 2 aromatic heterocycles. The predicted molar refractivity (Wildman–Crippen MR) is 221 cm³/mol. The van der Waals surface area contributed by atoms with Gasteiger partial charge in [0.2, 0.25) is 5.91 Å². The number of carbonyl (C=O) groups is 4. The van der Waals surface area contributed by atoms with Crippen molar-refractivity contribution in [1.82, 2.24) is 40.4 Å². The molecule has 0 radical (unpaired) electrons. The number of hydrogen-bond donors (Lipinski definition) is 4. The lowest BCUT2D eigenvalue weighted by Gasteiger charge is -2.28. The van der Waals surface area contributed by atoms with Crippen molar-refractivity contribution in [3.05, 3.63) is 132 Å². The molecule has 4 amide bonds. The van der Waals surface area contributed by atoms with Crippen LogP contribution in [-0.4, -0.2) is 87.1 Å². The number of aromatic nitrogens is 4. The maximum absolute atomic E-state index is 14.0. The van der Waals surface area contributed by atoms with Gasteiger partial charge in [-0.15, -0.1) is 0 Å². The molecule has 2 aliphatic heterocycles. The van der Waals surface area contributed by atoms with Gasteiger partial charge in [-0.25, -0.2) is 19.6 Å². The highest BCUT2D eigenvalue weighted by molar-refractivity contribution is 5.88. The van der Waals surface area contributed by atoms with E-state index in [2.05, 4.69) is 38.8 Å². The third-order valence-electron chi connectivity index (χ3n) is 11.2. The van der Waals surface area contributed by atoms with Crippen molar-refractivity contribution < 1.29 is 28.7 Å². The number of imidazole rings is 2. The molecule has 0 aliphatic carbocycles. The van der Waals surface area contributed by atoms with Crippen LogP contribution < -0.4 is 10.6 Å². The number of fused-ring (bicyclic) bond motifs is 1. The Balaban J connectivity index is 0.963. The van der Waals surface area contributed by atoms with Crippen LogP contribution in [-0.2, 0) is 25.5 Å². The van der Waals surface area contributed by atoms with Gasteiger partial charge in [0.05, 0.1) is 49.2 Å². The number of alkyl carbamates (subject to hydrolysis) is 2. The average molecular weight is 795 g/mol. The van der Waals surface area contributed by atoms with Crippen LogP contribution in [0.3, 0.4) is 0 Å². The predicted octanol–water partition coefficient (Wildman–Crippen LogP) is 7.01. The summed E-state index contributed by atoms with van der Waals surface area (Å²) >= 11 is 0. The molecule has 14 nitrogen and oxygen atoms in total. The lowest BCUT2D eigenvalue weighted by Crippen LogP contribution is -2.49. The largest absolute Gasteiger partial charge is 0.453 e. The SMILES string of the molecule is COC(=O)NC(C(=O)N1CCC[C@H]1c1ncc(-c2ccc(-c3ccc4nc([C@@H]5CCCN5C(=O)[C@H](Cc5ccccc5)NC(=O)OC)[nH]c4c3)cc2)[nH]1)c1ccccc1. The first kappa shape index (κ1) is 38.9. The number of H-pyrrole nitrogens is 2. The summed E-state index contributed by atoms with van der Waals surface area (Å²) in [6.45, 7) is 1.10. The molecule has 14 heteroatoms. The minimum absolute atomic E-state index is 0.175. The van der Waals surface area contributed by atoms with Gasteiger partial charge in [-0.05, 0) is 65.6 Å². The van der Waals surface area contributed by atoms with Crippen LogP contribution in [0.1, 0.15) is 66.6 Å². The molecule has 2 saturated heterocycles. The Morgan fingerprint density at radius 2 is 1.32 bits per heavy atom. The van der Waals surface area contributed by atoms with E-state index in [4.69, 9.17) is 19.4 Å². The number of aromatic amines is 2. The molecule has 8 rings (SSSR count). The highest BCUT2D eigenvalue weighted by Crippen LogP contribution is 2.36. The van der Waals surface area contributed by atoms with Gasteiger partial charge in [0.15, 0.2) is 0 Å². The number of hydrogen-bond acceptors (Lipinski definition) is 8. The zero-order valence-electron chi connectivity index (χ0n) is 32.9. The lowest BCUT2D eigenvalue weighted by atomic mass is 10.0. The van der Waals surface area contributed by atoms with E-state index in [1.54, 1.807) is 11.1 Å². The summed E-state index contributed by atoms with van der Waals surface area (Å²) in [7, 11) is 2.57. The van der Waals surface area contributed by atoms with E-state index in [-0.39, 0.29) is 23.9 Å². The smallest absolute Gasteiger partial charge is 0.407 e. The molecular weight excluding hydrogens is 749 g/mol. The fraction of sp³-hybridized carbons (Fsp3) is 0.289. The number of likely N-dealkylation sites (tertiary alicyclic amines) is 2. The summed E-state index contributed by atoms with van der Waals surface area (Å²) < 4.78 is 9.68. The summed E-state index contributed by atoms with van der Waals surface area (Å²) in [6.07, 6.45) is 3.93. The van der Waals surface area contributed by atoms with Gasteiger partial charge in [0.1, 0.15) is 23.7 Å². The molecule has 1 unspecified atom stereocenters. The van der Waals surface area contributed by atoms with E-state index in [1.165, 1.54) is 14.2 Å². The van der Waals surface area contributed by atoms with Crippen LogP contribution >= 0.6 is 0 Å². The van der Waals surface area contributed by atoms with Crippen molar-refractivity contribution in [2.75, 3.05) is 27.3 Å². The fourth-order valence-corrected chi connectivity index (χ4v) is 8.22. The molecule has 0 saturated carbocycles. The molecule has 2 aliphatic rings. The molecule has 4 heterocycles. The van der Waals surface area contributed by atoms with Gasteiger partial charge in [0.25, 0.3) is 5.91 Å². The third kappa shape index (κ3) is 8.38. The minimum atomic E-state index is -0.889. The van der Waals surface area contributed by atoms with Crippen molar-refractivity contribution in [3.8, 4) is 22.4 Å². The molecular formula is C45H46N8O6. The average Bonchev–Trinajstić information content (AvgIpc) is 4.12. The normalized spacial score (nSPS) is 17.4. The van der Waals surface area contributed by atoms with Crippen molar-refractivity contribution >= 4 is 35.0 Å². The summed E-state index contributed by atoms with van der Waals surface area (Å²) in [4.78, 5) is 72.5. The minimum Gasteiger partial charge on any atom is -0.453 e. The number of methoxy groups -OCH3 is 2. The Morgan fingerprint density at radius 1 is 0.712 bits per heavy atom. The van der Waals surface area contributed by atoms with E-state index in [9.17, 15) is 19.2 Å². The zero-order valence-corrected chi connectivity index (χ0v) is 32.9. The third-order valence-corrected chi connectivity index (χ3v) is 11.2. The Morgan fingerprint density at radius 3 is 2.02 bits per heavy atom. The summed E-state index contributed by atoms with van der Waals surface area (Å²) in [6, 6.07) is 30.8. The van der Waals surface area contributed by atoms with Crippen LogP contribution in [0, 0.1) is 0 Å². The number of carbonyl (C=O) groups excluding carboxylic acids is 4. The summed E-state index contributed by atoms with van der Waals surface area (Å²) in [5.41, 5.74) is 7.06. The number of nitrogens with zero attached hydrogens (tertiary/aromatic N) is 4. The van der Waals surface area contributed by atoms with E-state index in [0.29, 0.717) is 36.7 Å². The van der Waals surface area contributed by atoms with Crippen LogP contribution in [0.15, 0.2) is 109 Å². The van der Waals surface area contributed by atoms with E-state index in [1.807, 2.05) is 89.8 Å². The van der Waals surface area contributed by atoms with Crippen molar-refractivity contribution in [3.63, 3.8) is 0 Å². The van der Waals surface area contributed by atoms with E-state index in [0.717, 1.165) is 64.7 Å². The number of ether oxygens (including phenoxy) is 2. The molecule has 302 valence electrons. The van der Waals surface area contributed by atoms with Crippen LogP contribution in [0.25, 0.3) is 33.4 Å². The first-order valence-corrected chi connectivity index (χ1v) is 19.8. The second-order valence-corrected chi connectivity index (χ2v) is 14.9. The molecule has 0 bridgehead atoms. The van der Waals surface area contributed by atoms with Gasteiger partial charge in [-0.3, -0.25) is 9.59 Å². The molecule has 0 spiro atoms. The first-order valence-electron chi connectivity index (χ1n) is 19.8. The van der Waals surface area contributed by atoms with Crippen molar-refractivity contribution in [2.24, 2.45) is 0 Å². The van der Waals surface area contributed by atoms with Crippen molar-refractivity contribution in [1.29, 1.82) is 0 Å². The first-order chi connectivity index (χ1) is 28.8. The number of nitrogens with one attached hydrogen (secondary N) is 4. The van der Waals surface area contributed by atoms with Gasteiger partial charge >= 0.3 is 12.2 Å². The molecule has 4 N–H and O–H groups in total. The lowest BCUT2D eigenvalue weighted by molar-refractivity contribution is -0.135. The van der Waals surface area contributed by atoms with Gasteiger partial charge in [-0.1, -0.05) is 91.0 Å². The van der Waals surface area contributed by atoms with Gasteiger partial charge in [-0.2, -0.15) is 0 Å². The van der Waals surface area contributed by atoms with Crippen LogP contribution in [0.5, 0.6) is 0 Å². The molecule has 59 heavy (non-hydrogen) atoms. The standard InChI is InChI=1S/C45H46N8O6/c1-58-44(56)50-35(25-28-11-5-3-6-12-28)42(54)52-23-10-16-38(52)41-47-33-22-21-32(26-34(33)48-41)29-17-19-30(20-18-29)36-27-46-40(49-36)37-15-9-24-53(37)43(55)39(51-45(57)59-2)31-13-7-4-8-14-31/h3-8,11-14,17-22,26-27,35,37-39H,9-10,15-16,23-25H2,1-2H3,(H,46,49)(H,47,48)(H,50,56)(H,51,57)/t35-,37-,38-,39?/m0/s1. The summed E-state index contributed by atoms with van der Waals surface area (Å²) in [5, 5.41) is 5.46. The van der Waals surface area contributed by atoms with Gasteiger partial charge in [0, 0.05) is 19.5 Å². The Labute approximate surface area is 341 Å².